The molecule has 0 N–H and O–H groups in total. The number of aryl methyl sites for hydroxylation is 1. The quantitative estimate of drug-likeness (QED) is 0.662. The predicted molar refractivity (Wildman–Crippen MR) is 48.3 cm³/mol. The molecule has 0 fully saturated rings. The molecule has 0 unspecified atom stereocenters. The first-order valence-electron chi connectivity index (χ1n) is 6.23. The minimum Gasteiger partial charge on any atom is -0.241 e. The van der Waals surface area contributed by atoms with E-state index in [0.717, 1.165) is 6.07 Å². The van der Waals surface area contributed by atoms with Gasteiger partial charge in [-0.3, -0.25) is 0 Å². The zero-order chi connectivity index (χ0) is 14.4. The van der Waals surface area contributed by atoms with Crippen molar-refractivity contribution in [1.82, 2.24) is 4.98 Å². The van der Waals surface area contributed by atoms with Crippen molar-refractivity contribution < 1.29 is 9.60 Å². The molecule has 60 valence electrons. The van der Waals surface area contributed by atoms with Crippen LogP contribution in [0.25, 0.3) is 0 Å². The molecule has 0 atom stereocenters. The summed E-state index contributed by atoms with van der Waals surface area (Å²) in [5.41, 5.74) is -0.457. The van der Waals surface area contributed by atoms with Crippen LogP contribution in [0.1, 0.15) is 28.5 Å². The van der Waals surface area contributed by atoms with Crippen LogP contribution in [-0.2, 0) is 6.37 Å². The van der Waals surface area contributed by atoms with Gasteiger partial charge in [0.2, 0.25) is 0 Å². The van der Waals surface area contributed by atoms with E-state index in [1.165, 1.54) is 6.07 Å². The van der Waals surface area contributed by atoms with Crippen molar-refractivity contribution in [3.8, 4) is 0 Å². The molecule has 0 radical (unpaired) electrons. The molecule has 1 rings (SSSR count). The van der Waals surface area contributed by atoms with E-state index >= 15 is 0 Å². The van der Waals surface area contributed by atoms with E-state index in [1.54, 1.807) is 0 Å². The third-order valence-electron chi connectivity index (χ3n) is 0.949. The minimum atomic E-state index is -3.15. The summed E-state index contributed by atoms with van der Waals surface area (Å²) in [6, 6.07) is 2.30. The fourth-order valence-corrected chi connectivity index (χ4v) is 1.06. The number of hydrogen-bond acceptors (Lipinski definition) is 1. The van der Waals surface area contributed by atoms with Crippen LogP contribution in [-0.4, -0.2) is 4.98 Å². The van der Waals surface area contributed by atoms with Gasteiger partial charge < -0.3 is 0 Å². The summed E-state index contributed by atoms with van der Waals surface area (Å²) in [5, 5.41) is -0.0852. The first-order valence-corrected chi connectivity index (χ1v) is 3.49. The summed E-state index contributed by atoms with van der Waals surface area (Å²) in [7, 11) is 0. The number of halogens is 2. The van der Waals surface area contributed by atoms with Crippen LogP contribution >= 0.6 is 23.2 Å². The summed E-state index contributed by atoms with van der Waals surface area (Å²) in [5.74, 6) is 0. The summed E-state index contributed by atoms with van der Waals surface area (Å²) in [6.07, 6.45) is -5.98. The summed E-state index contributed by atoms with van der Waals surface area (Å²) in [6.45, 7) is -3.15. The fraction of sp³-hybridized carbons (Fsp3) is 0.375. The largest absolute Gasteiger partial charge is 0.241 e. The number of aromatic nitrogens is 1. The van der Waals surface area contributed by atoms with E-state index in [-0.39, 0.29) is 10.2 Å². The average molecular weight is 197 g/mol. The third-order valence-corrected chi connectivity index (χ3v) is 1.36. The zero-order valence-electron chi connectivity index (χ0n) is 12.4. The molecule has 1 aromatic rings. The van der Waals surface area contributed by atoms with Gasteiger partial charge in [-0.2, -0.15) is 0 Å². The van der Waals surface area contributed by atoms with Crippen molar-refractivity contribution in [3.05, 3.63) is 28.0 Å². The van der Waals surface area contributed by atoms with Crippen LogP contribution < -0.4 is 0 Å². The van der Waals surface area contributed by atoms with Crippen LogP contribution in [0.15, 0.2) is 12.1 Å². The number of hydrogen-bond donors (Lipinski definition) is 0. The van der Waals surface area contributed by atoms with Gasteiger partial charge in [0, 0.05) is 20.3 Å². The smallest absolute Gasteiger partial charge is 0.130 e. The van der Waals surface area contributed by atoms with E-state index in [1.807, 2.05) is 0 Å². The highest BCUT2D eigenvalue weighted by molar-refractivity contribution is 6.33. The van der Waals surface area contributed by atoms with Crippen molar-refractivity contribution in [2.45, 2.75) is 19.6 Å². The second kappa shape index (κ2) is 3.93. The Morgan fingerprint density at radius 3 is 3.09 bits per heavy atom. The first-order chi connectivity index (χ1) is 7.89. The van der Waals surface area contributed by atoms with Gasteiger partial charge in [0.15, 0.2) is 0 Å². The minimum absolute atomic E-state index is 0.0511. The van der Waals surface area contributed by atoms with Crippen LogP contribution in [0.5, 0.6) is 0 Å². The molecular weight excluding hydrogens is 181 g/mol. The summed E-state index contributed by atoms with van der Waals surface area (Å²) in [4.78, 5) is 3.60. The monoisotopic (exact) mass is 196 g/mol. The molecule has 0 aliphatic carbocycles. The molecule has 0 saturated carbocycles. The van der Waals surface area contributed by atoms with Gasteiger partial charge in [-0.15, -0.1) is 0 Å². The maximum atomic E-state index is 7.67. The van der Waals surface area contributed by atoms with E-state index in [0.29, 0.717) is 0 Å². The Morgan fingerprint density at radius 2 is 2.45 bits per heavy atom. The maximum Gasteiger partial charge on any atom is 0.130 e. The molecule has 1 nitrogen and oxygen atoms in total. The lowest BCUT2D eigenvalue weighted by Gasteiger charge is -1.98. The molecule has 0 bridgehead atoms. The molecule has 0 aliphatic heterocycles. The van der Waals surface area contributed by atoms with Gasteiger partial charge in [-0.25, -0.2) is 4.98 Å². The van der Waals surface area contributed by atoms with E-state index in [9.17, 15) is 0 Å². The Balaban J connectivity index is 3.37. The topological polar surface area (TPSA) is 12.9 Å². The van der Waals surface area contributed by atoms with Crippen molar-refractivity contribution in [2.75, 3.05) is 0 Å². The molecular formula is C8H9Cl2N. The molecule has 1 heterocycles. The van der Waals surface area contributed by atoms with Crippen molar-refractivity contribution >= 4 is 23.2 Å². The van der Waals surface area contributed by atoms with E-state index in [2.05, 4.69) is 4.98 Å². The van der Waals surface area contributed by atoms with E-state index in [4.69, 9.17) is 32.8 Å². The predicted octanol–water partition coefficient (Wildman–Crippen LogP) is 3.34. The standard InChI is InChI=1S/C8H9Cl2N/c1-2-3-7-4-6(9)5-8(10)11-7/h4-5H,2-3H2,1H3/i1D3,2D2,3D2. The molecule has 1 aromatic heterocycles. The van der Waals surface area contributed by atoms with Crippen molar-refractivity contribution in [3.63, 3.8) is 0 Å². The molecule has 11 heavy (non-hydrogen) atoms. The van der Waals surface area contributed by atoms with E-state index < -0.39 is 25.3 Å². The lowest BCUT2D eigenvalue weighted by molar-refractivity contribution is 0.883. The van der Waals surface area contributed by atoms with Crippen LogP contribution in [0, 0.1) is 0 Å². The second-order valence-electron chi connectivity index (χ2n) is 1.74. The average Bonchev–Trinajstić information content (AvgIpc) is 2.13. The summed E-state index contributed by atoms with van der Waals surface area (Å²) >= 11 is 11.3. The van der Waals surface area contributed by atoms with Crippen molar-refractivity contribution in [1.29, 1.82) is 0 Å². The van der Waals surface area contributed by atoms with Gasteiger partial charge in [-0.1, -0.05) is 36.4 Å². The molecule has 0 spiro atoms. The van der Waals surface area contributed by atoms with Gasteiger partial charge in [0.05, 0.1) is 0 Å². The zero-order valence-corrected chi connectivity index (χ0v) is 6.87. The summed E-state index contributed by atoms with van der Waals surface area (Å²) < 4.78 is 51.5. The molecule has 0 aliphatic rings. The normalized spacial score (nSPS) is 23.3. The first kappa shape index (κ1) is 3.23. The Kier molecular flexibility index (Phi) is 1.16. The van der Waals surface area contributed by atoms with Crippen LogP contribution in [0.4, 0.5) is 0 Å². The molecule has 0 saturated heterocycles. The maximum absolute atomic E-state index is 7.67. The Labute approximate surface area is 86.2 Å². The second-order valence-corrected chi connectivity index (χ2v) is 2.57. The Bertz CT molecular complexity index is 437. The molecule has 0 aromatic carbocycles. The fourth-order valence-electron chi connectivity index (χ4n) is 0.594. The SMILES string of the molecule is [2H]C([2H])([2H])C([2H])([2H])C([2H])([2H])c1cc(Cl)cc(Cl)n1. The van der Waals surface area contributed by atoms with Gasteiger partial charge in [0.25, 0.3) is 0 Å². The van der Waals surface area contributed by atoms with Gasteiger partial charge in [0.1, 0.15) is 5.15 Å². The highest BCUT2D eigenvalue weighted by Gasteiger charge is 1.97. The van der Waals surface area contributed by atoms with Crippen LogP contribution in [0.2, 0.25) is 10.2 Å². The Morgan fingerprint density at radius 1 is 1.64 bits per heavy atom. The lowest BCUT2D eigenvalue weighted by Crippen LogP contribution is -1.88. The number of nitrogens with zero attached hydrogens (tertiary/aromatic N) is 1. The third kappa shape index (κ3) is 2.68. The van der Waals surface area contributed by atoms with Crippen LogP contribution in [0.3, 0.4) is 0 Å². The van der Waals surface area contributed by atoms with Gasteiger partial charge in [-0.05, 0) is 18.5 Å². The van der Waals surface area contributed by atoms with Gasteiger partial charge >= 0.3 is 0 Å². The lowest BCUT2D eigenvalue weighted by atomic mass is 10.2. The van der Waals surface area contributed by atoms with Crippen molar-refractivity contribution in [2.24, 2.45) is 0 Å². The Hall–Kier alpha value is -0.270. The molecule has 0 amide bonds. The number of rotatable bonds is 2. The molecule has 3 heteroatoms. The highest BCUT2D eigenvalue weighted by Crippen LogP contribution is 2.15. The number of pyridine rings is 1. The highest BCUT2D eigenvalue weighted by atomic mass is 35.5.